The van der Waals surface area contributed by atoms with Crippen molar-refractivity contribution in [2.75, 3.05) is 0 Å². The summed E-state index contributed by atoms with van der Waals surface area (Å²) in [6.07, 6.45) is 4.87. The first-order chi connectivity index (χ1) is 9.27. The molecule has 0 aromatic rings. The number of carboxylic acid groups (broad SMARTS) is 1. The van der Waals surface area contributed by atoms with Gasteiger partial charge in [-0.05, 0) is 39.5 Å². The van der Waals surface area contributed by atoms with Crippen molar-refractivity contribution in [3.8, 4) is 0 Å². The van der Waals surface area contributed by atoms with Crippen molar-refractivity contribution in [2.24, 2.45) is 17.1 Å². The average molecular weight is 284 g/mol. The first kappa shape index (κ1) is 17.0. The van der Waals surface area contributed by atoms with Gasteiger partial charge >= 0.3 is 5.97 Å². The minimum Gasteiger partial charge on any atom is -0.481 e. The molecule has 5 heteroatoms. The number of hydrogen-bond acceptors (Lipinski definition) is 3. The molecule has 0 aromatic carbocycles. The van der Waals surface area contributed by atoms with Gasteiger partial charge in [-0.2, -0.15) is 0 Å². The quantitative estimate of drug-likeness (QED) is 0.665. The maximum absolute atomic E-state index is 12.1. The number of hydrogen-bond donors (Lipinski definition) is 3. The molecule has 0 bridgehead atoms. The highest BCUT2D eigenvalue weighted by Crippen LogP contribution is 2.38. The highest BCUT2D eigenvalue weighted by Gasteiger charge is 2.46. The summed E-state index contributed by atoms with van der Waals surface area (Å²) in [6, 6.07) is -0.0845. The largest absolute Gasteiger partial charge is 0.481 e. The lowest BCUT2D eigenvalue weighted by Crippen LogP contribution is -2.48. The fourth-order valence-corrected chi connectivity index (χ4v) is 2.84. The van der Waals surface area contributed by atoms with Crippen LogP contribution < -0.4 is 11.1 Å². The summed E-state index contributed by atoms with van der Waals surface area (Å²) in [7, 11) is 0. The van der Waals surface area contributed by atoms with Crippen LogP contribution in [0.15, 0.2) is 0 Å². The molecule has 1 aliphatic carbocycles. The molecule has 1 fully saturated rings. The Hall–Kier alpha value is -1.10. The molecule has 0 aliphatic heterocycles. The zero-order chi connectivity index (χ0) is 15.3. The third-order valence-corrected chi connectivity index (χ3v) is 4.51. The van der Waals surface area contributed by atoms with Gasteiger partial charge in [-0.3, -0.25) is 9.59 Å². The van der Waals surface area contributed by atoms with Gasteiger partial charge in [-0.1, -0.05) is 19.8 Å². The molecule has 1 amide bonds. The zero-order valence-electron chi connectivity index (χ0n) is 12.8. The molecular formula is C15H28N2O3. The van der Waals surface area contributed by atoms with E-state index in [1.165, 1.54) is 0 Å². The van der Waals surface area contributed by atoms with Crippen LogP contribution >= 0.6 is 0 Å². The lowest BCUT2D eigenvalue weighted by Gasteiger charge is -2.28. The zero-order valence-corrected chi connectivity index (χ0v) is 12.8. The van der Waals surface area contributed by atoms with E-state index in [1.54, 1.807) is 6.92 Å². The van der Waals surface area contributed by atoms with E-state index in [0.29, 0.717) is 6.42 Å². The number of carbonyl (C=O) groups excluding carboxylic acids is 1. The fourth-order valence-electron chi connectivity index (χ4n) is 2.84. The van der Waals surface area contributed by atoms with E-state index in [4.69, 9.17) is 5.73 Å². The first-order valence-electron chi connectivity index (χ1n) is 7.56. The Kier molecular flexibility index (Phi) is 5.99. The van der Waals surface area contributed by atoms with Crippen LogP contribution in [-0.4, -0.2) is 29.1 Å². The number of nitrogens with two attached hydrogens (primary N) is 1. The topological polar surface area (TPSA) is 92.4 Å². The number of aliphatic carboxylic acids is 1. The lowest BCUT2D eigenvalue weighted by molar-refractivity contribution is -0.149. The van der Waals surface area contributed by atoms with E-state index in [0.717, 1.165) is 32.1 Å². The first-order valence-corrected chi connectivity index (χ1v) is 7.56. The predicted octanol–water partition coefficient (Wildman–Crippen LogP) is 1.90. The van der Waals surface area contributed by atoms with Crippen LogP contribution in [0, 0.1) is 11.3 Å². The lowest BCUT2D eigenvalue weighted by atomic mass is 9.84. The van der Waals surface area contributed by atoms with E-state index in [1.807, 2.05) is 13.8 Å². The molecule has 0 aromatic heterocycles. The normalized spacial score (nSPS) is 28.9. The Morgan fingerprint density at radius 2 is 2.05 bits per heavy atom. The molecule has 116 valence electrons. The third-order valence-electron chi connectivity index (χ3n) is 4.51. The van der Waals surface area contributed by atoms with Crippen LogP contribution in [0.5, 0.6) is 0 Å². The summed E-state index contributed by atoms with van der Waals surface area (Å²) in [5, 5.41) is 12.3. The number of carboxylic acids is 1. The second-order valence-corrected chi connectivity index (χ2v) is 6.49. The van der Waals surface area contributed by atoms with Gasteiger partial charge in [-0.15, -0.1) is 0 Å². The van der Waals surface area contributed by atoms with Crippen LogP contribution in [-0.2, 0) is 9.59 Å². The highest BCUT2D eigenvalue weighted by atomic mass is 16.4. The molecule has 0 radical (unpaired) electrons. The Balaban J connectivity index is 2.47. The van der Waals surface area contributed by atoms with Crippen molar-refractivity contribution >= 4 is 11.9 Å². The van der Waals surface area contributed by atoms with Gasteiger partial charge in [0.15, 0.2) is 0 Å². The van der Waals surface area contributed by atoms with Crippen molar-refractivity contribution in [2.45, 2.75) is 71.4 Å². The van der Waals surface area contributed by atoms with Gasteiger partial charge in [0, 0.05) is 18.0 Å². The minimum absolute atomic E-state index is 0.0333. The minimum atomic E-state index is -0.818. The smallest absolute Gasteiger partial charge is 0.311 e. The van der Waals surface area contributed by atoms with Crippen LogP contribution in [0.1, 0.15) is 59.3 Å². The van der Waals surface area contributed by atoms with Gasteiger partial charge < -0.3 is 16.2 Å². The van der Waals surface area contributed by atoms with Crippen LogP contribution in [0.2, 0.25) is 0 Å². The van der Waals surface area contributed by atoms with E-state index in [2.05, 4.69) is 5.32 Å². The summed E-state index contributed by atoms with van der Waals surface area (Å²) in [5.41, 5.74) is 4.87. The Bertz CT molecular complexity index is 357. The van der Waals surface area contributed by atoms with Crippen LogP contribution in [0.25, 0.3) is 0 Å². The molecule has 0 heterocycles. The van der Waals surface area contributed by atoms with Gasteiger partial charge in [0.25, 0.3) is 0 Å². The summed E-state index contributed by atoms with van der Waals surface area (Å²) >= 11 is 0. The van der Waals surface area contributed by atoms with Crippen molar-refractivity contribution in [1.82, 2.24) is 5.32 Å². The average Bonchev–Trinajstić information content (AvgIpc) is 2.71. The van der Waals surface area contributed by atoms with E-state index in [9.17, 15) is 14.7 Å². The van der Waals surface area contributed by atoms with Crippen LogP contribution in [0.3, 0.4) is 0 Å². The standard InChI is InChI=1S/C15H28N2O3/c1-10(6-4-7-11(2)16)13(18)17-12-8-5-9-15(12,3)14(19)20/h10-12H,4-9,16H2,1-3H3,(H,17,18)(H,19,20). The Morgan fingerprint density at radius 1 is 1.40 bits per heavy atom. The Morgan fingerprint density at radius 3 is 2.60 bits per heavy atom. The van der Waals surface area contributed by atoms with Gasteiger partial charge in [0.2, 0.25) is 5.91 Å². The molecule has 0 saturated heterocycles. The Labute approximate surface area is 121 Å². The van der Waals surface area contributed by atoms with Crippen molar-refractivity contribution in [1.29, 1.82) is 0 Å². The SMILES string of the molecule is CC(N)CCCC(C)C(=O)NC1CCCC1(C)C(=O)O. The number of rotatable bonds is 7. The summed E-state index contributed by atoms with van der Waals surface area (Å²) in [4.78, 5) is 23.5. The maximum Gasteiger partial charge on any atom is 0.311 e. The molecule has 4 atom stereocenters. The molecule has 0 spiro atoms. The predicted molar refractivity (Wildman–Crippen MR) is 78.2 cm³/mol. The summed E-state index contributed by atoms with van der Waals surface area (Å²) < 4.78 is 0. The van der Waals surface area contributed by atoms with Gasteiger partial charge in [0.1, 0.15) is 0 Å². The molecule has 20 heavy (non-hydrogen) atoms. The fraction of sp³-hybridized carbons (Fsp3) is 0.867. The van der Waals surface area contributed by atoms with Gasteiger partial charge in [-0.25, -0.2) is 0 Å². The van der Waals surface area contributed by atoms with Crippen LogP contribution in [0.4, 0.5) is 0 Å². The molecule has 5 nitrogen and oxygen atoms in total. The number of carbonyl (C=O) groups is 2. The highest BCUT2D eigenvalue weighted by molar-refractivity contribution is 5.81. The van der Waals surface area contributed by atoms with E-state index < -0.39 is 11.4 Å². The maximum atomic E-state index is 12.1. The number of nitrogens with one attached hydrogen (secondary N) is 1. The molecule has 1 saturated carbocycles. The third kappa shape index (κ3) is 4.20. The van der Waals surface area contributed by atoms with Crippen molar-refractivity contribution in [3.63, 3.8) is 0 Å². The summed E-state index contributed by atoms with van der Waals surface area (Å²) in [6.45, 7) is 5.58. The monoisotopic (exact) mass is 284 g/mol. The number of amides is 1. The molecule has 4 N–H and O–H groups in total. The second-order valence-electron chi connectivity index (χ2n) is 6.49. The van der Waals surface area contributed by atoms with E-state index in [-0.39, 0.29) is 23.9 Å². The van der Waals surface area contributed by atoms with Crippen molar-refractivity contribution in [3.05, 3.63) is 0 Å². The van der Waals surface area contributed by atoms with E-state index >= 15 is 0 Å². The van der Waals surface area contributed by atoms with Gasteiger partial charge in [0.05, 0.1) is 5.41 Å². The summed E-state index contributed by atoms with van der Waals surface area (Å²) in [5.74, 6) is -0.939. The molecule has 1 rings (SSSR count). The molecular weight excluding hydrogens is 256 g/mol. The second kappa shape index (κ2) is 7.07. The molecule has 4 unspecified atom stereocenters. The molecule has 1 aliphatic rings. The van der Waals surface area contributed by atoms with Crippen molar-refractivity contribution < 1.29 is 14.7 Å².